The minimum atomic E-state index is -0.249. The van der Waals surface area contributed by atoms with Gasteiger partial charge in [-0.3, -0.25) is 0 Å². The number of rotatable bonds is 4. The van der Waals surface area contributed by atoms with Crippen molar-refractivity contribution in [2.45, 2.75) is 57.8 Å². The molecule has 52 heavy (non-hydrogen) atoms. The van der Waals surface area contributed by atoms with Crippen molar-refractivity contribution in [1.29, 1.82) is 0 Å². The van der Waals surface area contributed by atoms with Gasteiger partial charge in [-0.15, -0.1) is 0 Å². The molecule has 7 aromatic carbocycles. The monoisotopic (exact) mass is 669 g/mol. The van der Waals surface area contributed by atoms with Crippen molar-refractivity contribution in [1.82, 2.24) is 0 Å². The van der Waals surface area contributed by atoms with Crippen LogP contribution in [0.2, 0.25) is 0 Å². The molecule has 3 aliphatic heterocycles. The molecule has 0 amide bonds. The molecule has 252 valence electrons. The van der Waals surface area contributed by atoms with Crippen molar-refractivity contribution in [2.75, 3.05) is 4.90 Å². The van der Waals surface area contributed by atoms with Crippen molar-refractivity contribution in [2.24, 2.45) is 0 Å². The third kappa shape index (κ3) is 4.23. The number of hydrogen-bond donors (Lipinski definition) is 0. The second-order valence-corrected chi connectivity index (χ2v) is 16.6. The fourth-order valence-electron chi connectivity index (χ4n) is 9.57. The highest BCUT2D eigenvalue weighted by Gasteiger charge is 2.52. The standard InChI is InChI=1S/C51H43N/c1-49(2)40-24-15-25-41-46(40)52-47-42(49)28-38(36-22-13-20-34(26-36)32-16-9-7-10-17-32)30-44(47)51(5,6)45-31-39(29-43(48(45)52)50(41,3)4)37-23-14-21-35(27-37)33-18-11-8-12-19-33/h7-31H,1-6H3. The van der Waals surface area contributed by atoms with Crippen molar-refractivity contribution in [3.63, 3.8) is 0 Å². The van der Waals surface area contributed by atoms with Gasteiger partial charge in [0.05, 0.1) is 17.1 Å². The Morgan fingerprint density at radius 3 is 0.942 bits per heavy atom. The molecule has 1 heteroatoms. The highest BCUT2D eigenvalue weighted by atomic mass is 15.2. The van der Waals surface area contributed by atoms with E-state index in [2.05, 4.69) is 198 Å². The van der Waals surface area contributed by atoms with Gasteiger partial charge in [-0.2, -0.15) is 0 Å². The summed E-state index contributed by atoms with van der Waals surface area (Å²) in [6, 6.07) is 56.8. The SMILES string of the molecule is CC1(C)c2cccc3c2N2c4c1cc(-c1cccc(-c5ccccc5)c1)cc4C(C)(C)c1cc(-c4cccc(-c5ccccc5)c4)cc(c12)C3(C)C. The van der Waals surface area contributed by atoms with Crippen LogP contribution >= 0.6 is 0 Å². The first kappa shape index (κ1) is 31.1. The van der Waals surface area contributed by atoms with Crippen LogP contribution < -0.4 is 4.90 Å². The highest BCUT2D eigenvalue weighted by molar-refractivity contribution is 6.00. The molecule has 0 atom stereocenters. The Morgan fingerprint density at radius 2 is 0.558 bits per heavy atom. The quantitative estimate of drug-likeness (QED) is 0.180. The number of hydrogen-bond acceptors (Lipinski definition) is 1. The zero-order chi connectivity index (χ0) is 35.6. The van der Waals surface area contributed by atoms with E-state index in [1.165, 1.54) is 95.0 Å². The molecule has 0 radical (unpaired) electrons. The number of para-hydroxylation sites is 1. The molecular formula is C51H43N. The highest BCUT2D eigenvalue weighted by Crippen LogP contribution is 2.66. The van der Waals surface area contributed by atoms with Gasteiger partial charge in [-0.05, 0) is 114 Å². The first-order chi connectivity index (χ1) is 25.0. The van der Waals surface area contributed by atoms with Gasteiger partial charge in [0, 0.05) is 16.2 Å². The van der Waals surface area contributed by atoms with E-state index in [1.54, 1.807) is 0 Å². The molecule has 0 aromatic heterocycles. The Hall–Kier alpha value is -5.66. The fourth-order valence-corrected chi connectivity index (χ4v) is 9.57. The maximum atomic E-state index is 2.68. The summed E-state index contributed by atoms with van der Waals surface area (Å²) >= 11 is 0. The van der Waals surface area contributed by atoms with Crippen LogP contribution in [0.15, 0.2) is 152 Å². The van der Waals surface area contributed by atoms with E-state index in [-0.39, 0.29) is 16.2 Å². The van der Waals surface area contributed by atoms with Crippen LogP contribution in [0.3, 0.4) is 0 Å². The van der Waals surface area contributed by atoms with Crippen LogP contribution in [0.25, 0.3) is 44.5 Å². The van der Waals surface area contributed by atoms with Crippen LogP contribution in [-0.4, -0.2) is 0 Å². The normalized spacial score (nSPS) is 16.3. The van der Waals surface area contributed by atoms with Gasteiger partial charge in [0.1, 0.15) is 0 Å². The topological polar surface area (TPSA) is 3.24 Å². The van der Waals surface area contributed by atoms with Gasteiger partial charge in [0.2, 0.25) is 0 Å². The van der Waals surface area contributed by atoms with Gasteiger partial charge in [-0.1, -0.05) is 157 Å². The summed E-state index contributed by atoms with van der Waals surface area (Å²) in [5, 5.41) is 0. The van der Waals surface area contributed by atoms with Crippen molar-refractivity contribution < 1.29 is 0 Å². The lowest BCUT2D eigenvalue weighted by atomic mass is 9.60. The van der Waals surface area contributed by atoms with Crippen LogP contribution in [-0.2, 0) is 16.2 Å². The summed E-state index contributed by atoms with van der Waals surface area (Å²) in [5.74, 6) is 0. The lowest BCUT2D eigenvalue weighted by molar-refractivity contribution is 0.567. The molecule has 0 N–H and O–H groups in total. The first-order valence-electron chi connectivity index (χ1n) is 18.7. The Bertz CT molecular complexity index is 2410. The number of nitrogens with zero attached hydrogens (tertiary/aromatic N) is 1. The molecule has 0 fully saturated rings. The van der Waals surface area contributed by atoms with Gasteiger partial charge in [0.15, 0.2) is 0 Å². The van der Waals surface area contributed by atoms with Crippen LogP contribution in [0, 0.1) is 0 Å². The molecule has 7 aromatic rings. The molecule has 1 nitrogen and oxygen atoms in total. The maximum absolute atomic E-state index is 2.68. The first-order valence-corrected chi connectivity index (χ1v) is 18.7. The lowest BCUT2D eigenvalue weighted by Gasteiger charge is -2.55. The second kappa shape index (κ2) is 10.7. The van der Waals surface area contributed by atoms with Crippen LogP contribution in [0.5, 0.6) is 0 Å². The van der Waals surface area contributed by atoms with Crippen molar-refractivity contribution in [3.05, 3.63) is 185 Å². The lowest BCUT2D eigenvalue weighted by Crippen LogP contribution is -2.43. The average Bonchev–Trinajstić information content (AvgIpc) is 3.17. The van der Waals surface area contributed by atoms with E-state index in [0.717, 1.165) is 0 Å². The van der Waals surface area contributed by atoms with Crippen molar-refractivity contribution in [3.8, 4) is 44.5 Å². The predicted molar refractivity (Wildman–Crippen MR) is 219 cm³/mol. The molecular weight excluding hydrogens is 627 g/mol. The number of benzene rings is 7. The van der Waals surface area contributed by atoms with Crippen LogP contribution in [0.4, 0.5) is 17.1 Å². The van der Waals surface area contributed by atoms with Gasteiger partial charge < -0.3 is 4.90 Å². The molecule has 0 aliphatic carbocycles. The average molecular weight is 670 g/mol. The van der Waals surface area contributed by atoms with E-state index in [4.69, 9.17) is 0 Å². The molecule has 3 aliphatic rings. The minimum absolute atomic E-state index is 0.183. The summed E-state index contributed by atoms with van der Waals surface area (Å²) in [5.41, 5.74) is 22.0. The molecule has 3 heterocycles. The van der Waals surface area contributed by atoms with E-state index < -0.39 is 0 Å². The zero-order valence-electron chi connectivity index (χ0n) is 30.9. The molecule has 0 saturated heterocycles. The molecule has 0 spiro atoms. The Balaban J connectivity index is 1.25. The Labute approximate surface area is 308 Å². The maximum Gasteiger partial charge on any atom is 0.0544 e. The Kier molecular flexibility index (Phi) is 6.39. The molecule has 0 saturated carbocycles. The third-order valence-electron chi connectivity index (χ3n) is 12.6. The molecule has 0 unspecified atom stereocenters. The van der Waals surface area contributed by atoms with Gasteiger partial charge >= 0.3 is 0 Å². The minimum Gasteiger partial charge on any atom is -0.309 e. The molecule has 10 rings (SSSR count). The van der Waals surface area contributed by atoms with Crippen LogP contribution in [0.1, 0.15) is 74.9 Å². The van der Waals surface area contributed by atoms with Gasteiger partial charge in [-0.25, -0.2) is 0 Å². The Morgan fingerprint density at radius 1 is 0.269 bits per heavy atom. The summed E-state index contributed by atoms with van der Waals surface area (Å²) < 4.78 is 0. The smallest absolute Gasteiger partial charge is 0.0544 e. The molecule has 0 bridgehead atoms. The number of anilines is 3. The van der Waals surface area contributed by atoms with Gasteiger partial charge in [0.25, 0.3) is 0 Å². The summed E-state index contributed by atoms with van der Waals surface area (Å²) in [6.45, 7) is 14.7. The third-order valence-corrected chi connectivity index (χ3v) is 12.6. The van der Waals surface area contributed by atoms with E-state index in [0.29, 0.717) is 0 Å². The second-order valence-electron chi connectivity index (χ2n) is 16.6. The van der Waals surface area contributed by atoms with E-state index >= 15 is 0 Å². The zero-order valence-corrected chi connectivity index (χ0v) is 30.9. The largest absolute Gasteiger partial charge is 0.309 e. The summed E-state index contributed by atoms with van der Waals surface area (Å²) in [7, 11) is 0. The fraction of sp³-hybridized carbons (Fsp3) is 0.176. The summed E-state index contributed by atoms with van der Waals surface area (Å²) in [6.07, 6.45) is 0. The summed E-state index contributed by atoms with van der Waals surface area (Å²) in [4.78, 5) is 2.68. The predicted octanol–water partition coefficient (Wildman–Crippen LogP) is 13.7. The van der Waals surface area contributed by atoms with Crippen molar-refractivity contribution >= 4 is 17.1 Å². The van der Waals surface area contributed by atoms with E-state index in [9.17, 15) is 0 Å². The van der Waals surface area contributed by atoms with E-state index in [1.807, 2.05) is 0 Å².